The number of rotatable bonds is 4. The molecule has 0 amide bonds. The van der Waals surface area contributed by atoms with Crippen molar-refractivity contribution in [2.24, 2.45) is 0 Å². The van der Waals surface area contributed by atoms with E-state index in [0.717, 1.165) is 24.2 Å². The molecule has 0 radical (unpaired) electrons. The Morgan fingerprint density at radius 3 is 3.00 bits per heavy atom. The van der Waals surface area contributed by atoms with Crippen LogP contribution in [-0.2, 0) is 0 Å². The molecule has 1 saturated carbocycles. The van der Waals surface area contributed by atoms with Gasteiger partial charge in [-0.1, -0.05) is 12.1 Å². The topological polar surface area (TPSA) is 42.4 Å². The van der Waals surface area contributed by atoms with Crippen molar-refractivity contribution in [1.29, 1.82) is 0 Å². The lowest BCUT2D eigenvalue weighted by Gasteiger charge is -2.10. The normalized spacial score (nSPS) is 16.8. The van der Waals surface area contributed by atoms with E-state index in [9.17, 15) is 5.11 Å². The molecular weight excluding hydrogens is 234 g/mol. The van der Waals surface area contributed by atoms with E-state index in [-0.39, 0.29) is 0 Å². The van der Waals surface area contributed by atoms with E-state index < -0.39 is 6.10 Å². The molecule has 0 saturated heterocycles. The van der Waals surface area contributed by atoms with Gasteiger partial charge in [-0.15, -0.1) is 11.3 Å². The second-order valence-electron chi connectivity index (χ2n) is 4.21. The van der Waals surface area contributed by atoms with Gasteiger partial charge in [-0.05, 0) is 30.5 Å². The van der Waals surface area contributed by atoms with Crippen molar-refractivity contribution >= 4 is 11.3 Å². The van der Waals surface area contributed by atoms with Gasteiger partial charge in [0.05, 0.1) is 17.3 Å². The standard InChI is InChI=1S/C13H13NO2S/c15-13(12-7-17-8-14-12)9-2-1-3-11(6-9)16-10-4-5-10/h1-3,6-8,10,13,15H,4-5H2. The van der Waals surface area contributed by atoms with Crippen LogP contribution in [0.15, 0.2) is 35.2 Å². The van der Waals surface area contributed by atoms with Crippen LogP contribution in [0.3, 0.4) is 0 Å². The second-order valence-corrected chi connectivity index (χ2v) is 4.92. The molecular formula is C13H13NO2S. The first-order valence-electron chi connectivity index (χ1n) is 5.66. The lowest BCUT2D eigenvalue weighted by molar-refractivity contribution is 0.215. The Bertz CT molecular complexity index is 494. The number of ether oxygens (including phenoxy) is 1. The highest BCUT2D eigenvalue weighted by Crippen LogP contribution is 2.29. The predicted octanol–water partition coefficient (Wildman–Crippen LogP) is 2.77. The van der Waals surface area contributed by atoms with Gasteiger partial charge in [0.25, 0.3) is 0 Å². The van der Waals surface area contributed by atoms with E-state index in [4.69, 9.17) is 4.74 Å². The quantitative estimate of drug-likeness (QED) is 0.903. The summed E-state index contributed by atoms with van der Waals surface area (Å²) in [5.41, 5.74) is 3.25. The Kier molecular flexibility index (Phi) is 2.82. The van der Waals surface area contributed by atoms with Crippen molar-refractivity contribution < 1.29 is 9.84 Å². The Morgan fingerprint density at radius 1 is 1.41 bits per heavy atom. The molecule has 0 aliphatic heterocycles. The van der Waals surface area contributed by atoms with Crippen molar-refractivity contribution in [2.45, 2.75) is 25.0 Å². The fourth-order valence-corrected chi connectivity index (χ4v) is 2.24. The van der Waals surface area contributed by atoms with Gasteiger partial charge in [-0.3, -0.25) is 0 Å². The van der Waals surface area contributed by atoms with Crippen LogP contribution in [-0.4, -0.2) is 16.2 Å². The molecule has 0 bridgehead atoms. The van der Waals surface area contributed by atoms with Crippen LogP contribution >= 0.6 is 11.3 Å². The maximum Gasteiger partial charge on any atom is 0.122 e. The van der Waals surface area contributed by atoms with Gasteiger partial charge < -0.3 is 9.84 Å². The van der Waals surface area contributed by atoms with Crippen molar-refractivity contribution in [3.63, 3.8) is 0 Å². The fourth-order valence-electron chi connectivity index (χ4n) is 1.66. The molecule has 3 rings (SSSR count). The van der Waals surface area contributed by atoms with Crippen LogP contribution in [0.2, 0.25) is 0 Å². The van der Waals surface area contributed by atoms with Crippen LogP contribution in [0.4, 0.5) is 0 Å². The van der Waals surface area contributed by atoms with E-state index >= 15 is 0 Å². The first kappa shape index (κ1) is 10.7. The Hall–Kier alpha value is -1.39. The Morgan fingerprint density at radius 2 is 2.29 bits per heavy atom. The molecule has 4 heteroatoms. The van der Waals surface area contributed by atoms with E-state index in [0.29, 0.717) is 11.8 Å². The zero-order valence-corrected chi connectivity index (χ0v) is 10.1. The van der Waals surface area contributed by atoms with E-state index in [2.05, 4.69) is 4.98 Å². The summed E-state index contributed by atoms with van der Waals surface area (Å²) in [6, 6.07) is 7.62. The SMILES string of the molecule is OC(c1cccc(OC2CC2)c1)c1cscn1. The van der Waals surface area contributed by atoms with E-state index in [1.807, 2.05) is 29.6 Å². The average Bonchev–Trinajstić information content (AvgIpc) is 2.99. The van der Waals surface area contributed by atoms with Crippen LogP contribution < -0.4 is 4.74 Å². The van der Waals surface area contributed by atoms with Crippen molar-refractivity contribution in [2.75, 3.05) is 0 Å². The molecule has 1 aliphatic carbocycles. The summed E-state index contributed by atoms with van der Waals surface area (Å²) < 4.78 is 5.70. The number of aromatic nitrogens is 1. The smallest absolute Gasteiger partial charge is 0.122 e. The lowest BCUT2D eigenvalue weighted by atomic mass is 10.1. The molecule has 1 fully saturated rings. The molecule has 1 N–H and O–H groups in total. The maximum atomic E-state index is 10.1. The molecule has 1 atom stereocenters. The third-order valence-corrected chi connectivity index (χ3v) is 3.34. The highest BCUT2D eigenvalue weighted by atomic mass is 32.1. The van der Waals surface area contributed by atoms with Gasteiger partial charge in [-0.2, -0.15) is 0 Å². The predicted molar refractivity (Wildman–Crippen MR) is 66.3 cm³/mol. The molecule has 17 heavy (non-hydrogen) atoms. The number of nitrogens with zero attached hydrogens (tertiary/aromatic N) is 1. The number of aliphatic hydroxyl groups excluding tert-OH is 1. The lowest BCUT2D eigenvalue weighted by Crippen LogP contribution is -2.01. The second kappa shape index (κ2) is 4.47. The van der Waals surface area contributed by atoms with Gasteiger partial charge in [0.2, 0.25) is 0 Å². The van der Waals surface area contributed by atoms with Gasteiger partial charge in [-0.25, -0.2) is 4.98 Å². The molecule has 1 heterocycles. The van der Waals surface area contributed by atoms with E-state index in [1.54, 1.807) is 5.51 Å². The Balaban J connectivity index is 1.81. The summed E-state index contributed by atoms with van der Waals surface area (Å²) in [4.78, 5) is 4.12. The van der Waals surface area contributed by atoms with Crippen molar-refractivity contribution in [3.05, 3.63) is 46.4 Å². The van der Waals surface area contributed by atoms with Crippen LogP contribution in [0.25, 0.3) is 0 Å². The zero-order chi connectivity index (χ0) is 11.7. The minimum absolute atomic E-state index is 0.377. The summed E-state index contributed by atoms with van der Waals surface area (Å²) in [5, 5.41) is 12.0. The van der Waals surface area contributed by atoms with Crippen molar-refractivity contribution in [3.8, 4) is 5.75 Å². The third kappa shape index (κ3) is 2.48. The van der Waals surface area contributed by atoms with Crippen molar-refractivity contribution in [1.82, 2.24) is 4.98 Å². The first-order valence-corrected chi connectivity index (χ1v) is 6.60. The number of hydrogen-bond donors (Lipinski definition) is 1. The van der Waals surface area contributed by atoms with Gasteiger partial charge in [0, 0.05) is 5.38 Å². The molecule has 1 aliphatic rings. The first-order chi connectivity index (χ1) is 8.33. The molecule has 0 spiro atoms. The fraction of sp³-hybridized carbons (Fsp3) is 0.308. The highest BCUT2D eigenvalue weighted by Gasteiger charge is 2.23. The zero-order valence-electron chi connectivity index (χ0n) is 9.24. The number of thiazole rings is 1. The largest absolute Gasteiger partial charge is 0.490 e. The van der Waals surface area contributed by atoms with Crippen LogP contribution in [0.1, 0.15) is 30.2 Å². The summed E-state index contributed by atoms with van der Waals surface area (Å²) in [5.74, 6) is 0.833. The number of hydrogen-bond acceptors (Lipinski definition) is 4. The van der Waals surface area contributed by atoms with Gasteiger partial charge >= 0.3 is 0 Å². The molecule has 1 unspecified atom stereocenters. The Labute approximate surface area is 104 Å². The molecule has 3 nitrogen and oxygen atoms in total. The summed E-state index contributed by atoms with van der Waals surface area (Å²) in [6.07, 6.45) is 1.99. The van der Waals surface area contributed by atoms with Gasteiger partial charge in [0.15, 0.2) is 0 Å². The molecule has 1 aromatic carbocycles. The average molecular weight is 247 g/mol. The monoisotopic (exact) mass is 247 g/mol. The number of benzene rings is 1. The van der Waals surface area contributed by atoms with Gasteiger partial charge in [0.1, 0.15) is 11.9 Å². The summed E-state index contributed by atoms with van der Waals surface area (Å²) >= 11 is 1.49. The van der Waals surface area contributed by atoms with E-state index in [1.165, 1.54) is 11.3 Å². The molecule has 88 valence electrons. The minimum atomic E-state index is -0.663. The third-order valence-electron chi connectivity index (χ3n) is 2.73. The highest BCUT2D eigenvalue weighted by molar-refractivity contribution is 7.07. The molecule has 2 aromatic rings. The summed E-state index contributed by atoms with van der Waals surface area (Å²) in [6.45, 7) is 0. The van der Waals surface area contributed by atoms with Crippen LogP contribution in [0.5, 0.6) is 5.75 Å². The number of aliphatic hydroxyl groups is 1. The summed E-state index contributed by atoms with van der Waals surface area (Å²) in [7, 11) is 0. The molecule has 1 aromatic heterocycles. The maximum absolute atomic E-state index is 10.1. The minimum Gasteiger partial charge on any atom is -0.490 e. The van der Waals surface area contributed by atoms with Crippen LogP contribution in [0, 0.1) is 0 Å².